The monoisotopic (exact) mass is 261 g/mol. The number of hydrogen-bond acceptors (Lipinski definition) is 3. The van der Waals surface area contributed by atoms with Crippen LogP contribution < -0.4 is 0 Å². The Morgan fingerprint density at radius 3 is 2.78 bits per heavy atom. The number of rotatable bonds is 3. The first kappa shape index (κ1) is 12.5. The molecule has 92 valence electrons. The van der Waals surface area contributed by atoms with Gasteiger partial charge in [0.25, 0.3) is 5.91 Å². The third kappa shape index (κ3) is 3.05. The molecule has 4 nitrogen and oxygen atoms in total. The van der Waals surface area contributed by atoms with E-state index in [1.54, 1.807) is 36.3 Å². The molecule has 2 aromatic heterocycles. The number of nitrogens with zero attached hydrogens (tertiary/aromatic N) is 3. The summed E-state index contributed by atoms with van der Waals surface area (Å²) in [6, 6.07) is 10.6. The van der Waals surface area contributed by atoms with E-state index >= 15 is 0 Å². The maximum absolute atomic E-state index is 12.1. The van der Waals surface area contributed by atoms with Crippen LogP contribution in [0.5, 0.6) is 0 Å². The first-order valence-corrected chi connectivity index (χ1v) is 5.82. The predicted octanol–water partition coefficient (Wildman–Crippen LogP) is 2.40. The Balaban J connectivity index is 2.10. The van der Waals surface area contributed by atoms with Crippen LogP contribution in [-0.2, 0) is 6.54 Å². The maximum atomic E-state index is 12.1. The molecule has 18 heavy (non-hydrogen) atoms. The van der Waals surface area contributed by atoms with Gasteiger partial charge in [-0.05, 0) is 24.3 Å². The second-order valence-corrected chi connectivity index (χ2v) is 4.22. The number of aromatic nitrogens is 2. The maximum Gasteiger partial charge on any atom is 0.272 e. The van der Waals surface area contributed by atoms with Crippen LogP contribution in [0.2, 0.25) is 5.15 Å². The molecular weight excluding hydrogens is 250 g/mol. The van der Waals surface area contributed by atoms with Crippen molar-refractivity contribution in [1.82, 2.24) is 14.9 Å². The van der Waals surface area contributed by atoms with Crippen molar-refractivity contribution >= 4 is 17.5 Å². The number of amides is 1. The summed E-state index contributed by atoms with van der Waals surface area (Å²) >= 11 is 5.76. The standard InChI is InChI=1S/C13H12ClN3O/c1-17(9-10-5-2-3-8-15-10)13(18)11-6-4-7-12(14)16-11/h2-8H,9H2,1H3. The lowest BCUT2D eigenvalue weighted by molar-refractivity contribution is 0.0777. The summed E-state index contributed by atoms with van der Waals surface area (Å²) in [6.07, 6.45) is 1.70. The van der Waals surface area contributed by atoms with E-state index in [1.807, 2.05) is 18.2 Å². The Bertz CT molecular complexity index is 545. The van der Waals surface area contributed by atoms with Crippen LogP contribution in [0, 0.1) is 0 Å². The lowest BCUT2D eigenvalue weighted by atomic mass is 10.3. The van der Waals surface area contributed by atoms with Crippen molar-refractivity contribution in [3.63, 3.8) is 0 Å². The van der Waals surface area contributed by atoms with Gasteiger partial charge < -0.3 is 4.90 Å². The van der Waals surface area contributed by atoms with Gasteiger partial charge in [0.15, 0.2) is 0 Å². The summed E-state index contributed by atoms with van der Waals surface area (Å²) in [4.78, 5) is 21.8. The topological polar surface area (TPSA) is 46.1 Å². The minimum atomic E-state index is -0.178. The molecule has 1 amide bonds. The third-order valence-corrected chi connectivity index (χ3v) is 2.62. The van der Waals surface area contributed by atoms with Gasteiger partial charge in [0.05, 0.1) is 12.2 Å². The lowest BCUT2D eigenvalue weighted by Gasteiger charge is -2.16. The highest BCUT2D eigenvalue weighted by Gasteiger charge is 2.13. The normalized spacial score (nSPS) is 10.1. The fourth-order valence-corrected chi connectivity index (χ4v) is 1.69. The van der Waals surface area contributed by atoms with Crippen LogP contribution in [0.15, 0.2) is 42.6 Å². The zero-order valence-corrected chi connectivity index (χ0v) is 10.6. The zero-order chi connectivity index (χ0) is 13.0. The molecule has 0 N–H and O–H groups in total. The van der Waals surface area contributed by atoms with Crippen LogP contribution in [0.1, 0.15) is 16.2 Å². The average Bonchev–Trinajstić information content (AvgIpc) is 2.39. The van der Waals surface area contributed by atoms with Gasteiger partial charge in [0.2, 0.25) is 0 Å². The molecule has 0 unspecified atom stereocenters. The highest BCUT2D eigenvalue weighted by atomic mass is 35.5. The Kier molecular flexibility index (Phi) is 3.89. The van der Waals surface area contributed by atoms with Crippen molar-refractivity contribution in [3.05, 3.63) is 59.1 Å². The van der Waals surface area contributed by atoms with Gasteiger partial charge in [-0.3, -0.25) is 9.78 Å². The molecule has 0 aliphatic heterocycles. The van der Waals surface area contributed by atoms with Crippen LogP contribution in [0.25, 0.3) is 0 Å². The van der Waals surface area contributed by atoms with E-state index in [4.69, 9.17) is 11.6 Å². The van der Waals surface area contributed by atoms with Crippen molar-refractivity contribution < 1.29 is 4.79 Å². The number of pyridine rings is 2. The van der Waals surface area contributed by atoms with E-state index in [9.17, 15) is 4.79 Å². The second-order valence-electron chi connectivity index (χ2n) is 3.83. The van der Waals surface area contributed by atoms with Crippen molar-refractivity contribution in [2.75, 3.05) is 7.05 Å². The Morgan fingerprint density at radius 1 is 1.28 bits per heavy atom. The first-order chi connectivity index (χ1) is 8.66. The van der Waals surface area contributed by atoms with Crippen LogP contribution in [0.3, 0.4) is 0 Å². The Labute approximate surface area is 110 Å². The number of carbonyl (C=O) groups excluding carboxylic acids is 1. The van der Waals surface area contributed by atoms with Crippen molar-refractivity contribution in [2.24, 2.45) is 0 Å². The van der Waals surface area contributed by atoms with Crippen LogP contribution >= 0.6 is 11.6 Å². The molecule has 2 heterocycles. The van der Waals surface area contributed by atoms with Crippen LogP contribution in [0.4, 0.5) is 0 Å². The second kappa shape index (κ2) is 5.60. The summed E-state index contributed by atoms with van der Waals surface area (Å²) in [7, 11) is 1.71. The van der Waals surface area contributed by atoms with Crippen LogP contribution in [-0.4, -0.2) is 27.8 Å². The molecule has 5 heteroatoms. The summed E-state index contributed by atoms with van der Waals surface area (Å²) in [5, 5.41) is 0.312. The molecule has 0 saturated heterocycles. The average molecular weight is 262 g/mol. The molecule has 0 aliphatic rings. The number of carbonyl (C=O) groups is 1. The molecule has 0 saturated carbocycles. The molecule has 0 spiro atoms. The van der Waals surface area contributed by atoms with E-state index in [0.717, 1.165) is 5.69 Å². The third-order valence-electron chi connectivity index (χ3n) is 2.41. The quantitative estimate of drug-likeness (QED) is 0.797. The molecule has 0 fully saturated rings. The highest BCUT2D eigenvalue weighted by Crippen LogP contribution is 2.08. The summed E-state index contributed by atoms with van der Waals surface area (Å²) in [5.74, 6) is -0.178. The van der Waals surface area contributed by atoms with Gasteiger partial charge >= 0.3 is 0 Å². The van der Waals surface area contributed by atoms with Gasteiger partial charge in [-0.2, -0.15) is 0 Å². The molecule has 2 aromatic rings. The summed E-state index contributed by atoms with van der Waals surface area (Å²) in [6.45, 7) is 0.438. The van der Waals surface area contributed by atoms with E-state index < -0.39 is 0 Å². The van der Waals surface area contributed by atoms with Gasteiger partial charge in [0, 0.05) is 13.2 Å². The van der Waals surface area contributed by atoms with Gasteiger partial charge in [0.1, 0.15) is 10.8 Å². The molecule has 0 aliphatic carbocycles. The predicted molar refractivity (Wildman–Crippen MR) is 69.3 cm³/mol. The molecule has 0 radical (unpaired) electrons. The first-order valence-electron chi connectivity index (χ1n) is 5.45. The minimum absolute atomic E-state index is 0.178. The Hall–Kier alpha value is -1.94. The van der Waals surface area contributed by atoms with E-state index in [1.165, 1.54) is 0 Å². The molecule has 0 aromatic carbocycles. The molecule has 0 bridgehead atoms. The fourth-order valence-electron chi connectivity index (χ4n) is 1.53. The smallest absolute Gasteiger partial charge is 0.272 e. The molecule has 0 atom stereocenters. The SMILES string of the molecule is CN(Cc1ccccn1)C(=O)c1cccc(Cl)n1. The van der Waals surface area contributed by atoms with Gasteiger partial charge in [-0.15, -0.1) is 0 Å². The van der Waals surface area contributed by atoms with Crippen molar-refractivity contribution in [2.45, 2.75) is 6.54 Å². The lowest BCUT2D eigenvalue weighted by Crippen LogP contribution is -2.27. The summed E-state index contributed by atoms with van der Waals surface area (Å²) < 4.78 is 0. The number of hydrogen-bond donors (Lipinski definition) is 0. The largest absolute Gasteiger partial charge is 0.334 e. The molecule has 2 rings (SSSR count). The van der Waals surface area contributed by atoms with Gasteiger partial charge in [-0.25, -0.2) is 4.98 Å². The van der Waals surface area contributed by atoms with E-state index in [-0.39, 0.29) is 5.91 Å². The number of halogens is 1. The molecular formula is C13H12ClN3O. The fraction of sp³-hybridized carbons (Fsp3) is 0.154. The minimum Gasteiger partial charge on any atom is -0.334 e. The summed E-state index contributed by atoms with van der Waals surface area (Å²) in [5.41, 5.74) is 1.16. The zero-order valence-electron chi connectivity index (χ0n) is 9.88. The highest BCUT2D eigenvalue weighted by molar-refractivity contribution is 6.29. The Morgan fingerprint density at radius 2 is 2.11 bits per heavy atom. The van der Waals surface area contributed by atoms with Crippen molar-refractivity contribution in [1.29, 1.82) is 0 Å². The van der Waals surface area contributed by atoms with E-state index in [0.29, 0.717) is 17.4 Å². The van der Waals surface area contributed by atoms with E-state index in [2.05, 4.69) is 9.97 Å². The van der Waals surface area contributed by atoms with Crippen molar-refractivity contribution in [3.8, 4) is 0 Å². The van der Waals surface area contributed by atoms with Gasteiger partial charge in [-0.1, -0.05) is 23.7 Å².